The Morgan fingerprint density at radius 1 is 0.971 bits per heavy atom. The summed E-state index contributed by atoms with van der Waals surface area (Å²) in [5.74, 6) is -0.666. The molecule has 4 N–H and O–H groups in total. The van der Waals surface area contributed by atoms with Gasteiger partial charge in [0.15, 0.2) is 6.61 Å². The molecule has 0 spiro atoms. The van der Waals surface area contributed by atoms with Crippen molar-refractivity contribution in [2.75, 3.05) is 11.9 Å². The maximum atomic E-state index is 12.3. The lowest BCUT2D eigenvalue weighted by atomic mass is 10.0. The Bertz CT molecular complexity index is 1280. The van der Waals surface area contributed by atoms with Crippen molar-refractivity contribution in [1.29, 1.82) is 0 Å². The van der Waals surface area contributed by atoms with E-state index in [-0.39, 0.29) is 19.1 Å². The number of aromatic amines is 1. The molecule has 1 atom stereocenters. The van der Waals surface area contributed by atoms with Crippen LogP contribution < -0.4 is 15.4 Å². The molecule has 4 aromatic rings. The number of carbonyl (C=O) groups is 2. The van der Waals surface area contributed by atoms with E-state index in [4.69, 9.17) is 4.74 Å². The number of anilines is 1. The van der Waals surface area contributed by atoms with Gasteiger partial charge in [-0.3, -0.25) is 14.9 Å². The molecular formula is C27H27N3O4. The lowest BCUT2D eigenvalue weighted by Crippen LogP contribution is -2.38. The van der Waals surface area contributed by atoms with Gasteiger partial charge in [0.05, 0.1) is 0 Å². The van der Waals surface area contributed by atoms with Crippen molar-refractivity contribution in [3.63, 3.8) is 0 Å². The highest BCUT2D eigenvalue weighted by atomic mass is 16.5. The first-order valence-corrected chi connectivity index (χ1v) is 11.1. The molecule has 4 rings (SSSR count). The first-order chi connectivity index (χ1) is 16.5. The Kier molecular flexibility index (Phi) is 7.25. The van der Waals surface area contributed by atoms with E-state index >= 15 is 0 Å². The van der Waals surface area contributed by atoms with Crippen LogP contribution in [-0.4, -0.2) is 34.6 Å². The van der Waals surface area contributed by atoms with Crippen molar-refractivity contribution in [3.8, 4) is 5.75 Å². The van der Waals surface area contributed by atoms with Crippen molar-refractivity contribution in [2.24, 2.45) is 0 Å². The third kappa shape index (κ3) is 5.82. The third-order valence-corrected chi connectivity index (χ3v) is 5.60. The molecule has 0 fully saturated rings. The van der Waals surface area contributed by atoms with Gasteiger partial charge >= 0.3 is 5.97 Å². The normalized spacial score (nSPS) is 11.8. The van der Waals surface area contributed by atoms with E-state index < -0.39 is 12.0 Å². The summed E-state index contributed by atoms with van der Waals surface area (Å²) >= 11 is 0. The van der Waals surface area contributed by atoms with Gasteiger partial charge in [0.2, 0.25) is 0 Å². The summed E-state index contributed by atoms with van der Waals surface area (Å²) in [5, 5.41) is 16.7. The van der Waals surface area contributed by atoms with Crippen LogP contribution in [0.15, 0.2) is 79.0 Å². The van der Waals surface area contributed by atoms with E-state index in [1.807, 2.05) is 79.9 Å². The lowest BCUT2D eigenvalue weighted by molar-refractivity contribution is -0.139. The van der Waals surface area contributed by atoms with Crippen molar-refractivity contribution in [1.82, 2.24) is 10.3 Å². The number of aryl methyl sites for hydroxylation is 1. The molecule has 7 heteroatoms. The minimum absolute atomic E-state index is 0.150. The van der Waals surface area contributed by atoms with Gasteiger partial charge < -0.3 is 20.1 Å². The second-order valence-corrected chi connectivity index (χ2v) is 8.15. The number of benzene rings is 3. The molecule has 0 unspecified atom stereocenters. The number of carboxylic acids is 1. The van der Waals surface area contributed by atoms with Crippen LogP contribution in [-0.2, 0) is 22.6 Å². The third-order valence-electron chi connectivity index (χ3n) is 5.60. The Morgan fingerprint density at radius 2 is 1.71 bits per heavy atom. The van der Waals surface area contributed by atoms with Gasteiger partial charge in [-0.15, -0.1) is 0 Å². The van der Waals surface area contributed by atoms with Gasteiger partial charge in [-0.2, -0.15) is 0 Å². The fraction of sp³-hybridized carbons (Fsp3) is 0.185. The lowest BCUT2D eigenvalue weighted by Gasteiger charge is -2.16. The number of carboxylic acid groups (broad SMARTS) is 1. The number of para-hydroxylation sites is 2. The number of hydrogen-bond acceptors (Lipinski definition) is 4. The summed E-state index contributed by atoms with van der Waals surface area (Å²) in [6, 6.07) is 21.8. The van der Waals surface area contributed by atoms with Crippen LogP contribution in [0, 0.1) is 6.92 Å². The molecule has 1 aromatic heterocycles. The summed E-state index contributed by atoms with van der Waals surface area (Å²) in [6.07, 6.45) is 2.19. The molecule has 0 saturated heterocycles. The van der Waals surface area contributed by atoms with Gasteiger partial charge in [0.25, 0.3) is 5.91 Å². The van der Waals surface area contributed by atoms with Gasteiger partial charge in [0.1, 0.15) is 11.8 Å². The van der Waals surface area contributed by atoms with Crippen LogP contribution in [0.1, 0.15) is 16.7 Å². The standard InChI is InChI=1S/C27H27N3O4/c1-18-10-12-21(13-11-18)30-26(31)17-34-25-9-5-2-6-19(25)15-29-24(27(32)33)14-20-16-28-23-8-4-3-7-22(20)23/h2-13,16,24,28-29H,14-15,17H2,1H3,(H,30,31)(H,32,33)/t24-/m0/s1. The number of nitrogens with one attached hydrogen (secondary N) is 3. The summed E-state index contributed by atoms with van der Waals surface area (Å²) in [5.41, 5.74) is 4.50. The smallest absolute Gasteiger partial charge is 0.321 e. The Morgan fingerprint density at radius 3 is 2.50 bits per heavy atom. The fourth-order valence-corrected chi connectivity index (χ4v) is 3.77. The predicted molar refractivity (Wildman–Crippen MR) is 132 cm³/mol. The molecular weight excluding hydrogens is 430 g/mol. The van der Waals surface area contributed by atoms with E-state index in [2.05, 4.69) is 15.6 Å². The van der Waals surface area contributed by atoms with Gasteiger partial charge in [-0.25, -0.2) is 0 Å². The molecule has 0 saturated carbocycles. The zero-order chi connectivity index (χ0) is 23.9. The summed E-state index contributed by atoms with van der Waals surface area (Å²) < 4.78 is 5.75. The van der Waals surface area contributed by atoms with Crippen molar-refractivity contribution < 1.29 is 19.4 Å². The minimum Gasteiger partial charge on any atom is -0.483 e. The zero-order valence-electron chi connectivity index (χ0n) is 18.9. The molecule has 174 valence electrons. The molecule has 3 aromatic carbocycles. The van der Waals surface area contributed by atoms with Crippen LogP contribution in [0.5, 0.6) is 5.75 Å². The van der Waals surface area contributed by atoms with Crippen molar-refractivity contribution in [2.45, 2.75) is 25.9 Å². The summed E-state index contributed by atoms with van der Waals surface area (Å²) in [4.78, 5) is 27.4. The number of aromatic nitrogens is 1. The Balaban J connectivity index is 1.37. The first-order valence-electron chi connectivity index (χ1n) is 11.1. The monoisotopic (exact) mass is 457 g/mol. The topological polar surface area (TPSA) is 103 Å². The molecule has 0 aliphatic rings. The summed E-state index contributed by atoms with van der Waals surface area (Å²) in [7, 11) is 0. The minimum atomic E-state index is -0.929. The average Bonchev–Trinajstić information content (AvgIpc) is 3.25. The second-order valence-electron chi connectivity index (χ2n) is 8.15. The van der Waals surface area contributed by atoms with E-state index in [0.717, 1.165) is 27.6 Å². The van der Waals surface area contributed by atoms with Gasteiger partial charge in [-0.1, -0.05) is 54.1 Å². The zero-order valence-corrected chi connectivity index (χ0v) is 18.9. The van der Waals surface area contributed by atoms with E-state index in [0.29, 0.717) is 17.9 Å². The van der Waals surface area contributed by atoms with Crippen molar-refractivity contribution >= 4 is 28.5 Å². The predicted octanol–water partition coefficient (Wildman–Crippen LogP) is 4.28. The number of fused-ring (bicyclic) bond motifs is 1. The van der Waals surface area contributed by atoms with E-state index in [9.17, 15) is 14.7 Å². The van der Waals surface area contributed by atoms with Crippen molar-refractivity contribution in [3.05, 3.63) is 95.7 Å². The number of rotatable bonds is 10. The number of amides is 1. The highest BCUT2D eigenvalue weighted by Gasteiger charge is 2.20. The van der Waals surface area contributed by atoms with Crippen LogP contribution >= 0.6 is 0 Å². The molecule has 1 amide bonds. The maximum absolute atomic E-state index is 12.3. The number of carbonyl (C=O) groups excluding carboxylic acids is 1. The number of hydrogen-bond donors (Lipinski definition) is 4. The quantitative estimate of drug-likeness (QED) is 0.285. The Labute approximate surface area is 197 Å². The largest absolute Gasteiger partial charge is 0.483 e. The summed E-state index contributed by atoms with van der Waals surface area (Å²) in [6.45, 7) is 2.12. The van der Waals surface area contributed by atoms with Crippen LogP contribution in [0.3, 0.4) is 0 Å². The Hall–Kier alpha value is -4.10. The van der Waals surface area contributed by atoms with E-state index in [1.165, 1.54) is 0 Å². The molecule has 7 nitrogen and oxygen atoms in total. The highest BCUT2D eigenvalue weighted by Crippen LogP contribution is 2.21. The van der Waals surface area contributed by atoms with Gasteiger partial charge in [0, 0.05) is 41.3 Å². The van der Waals surface area contributed by atoms with E-state index in [1.54, 1.807) is 6.07 Å². The second kappa shape index (κ2) is 10.7. The van der Waals surface area contributed by atoms with Crippen LogP contribution in [0.2, 0.25) is 0 Å². The number of H-pyrrole nitrogens is 1. The number of ether oxygens (including phenoxy) is 1. The molecule has 0 aliphatic carbocycles. The molecule has 1 heterocycles. The molecule has 34 heavy (non-hydrogen) atoms. The average molecular weight is 458 g/mol. The fourth-order valence-electron chi connectivity index (χ4n) is 3.77. The SMILES string of the molecule is Cc1ccc(NC(=O)COc2ccccc2CN[C@@H](Cc2c[nH]c3ccccc23)C(=O)O)cc1. The highest BCUT2D eigenvalue weighted by molar-refractivity contribution is 5.91. The first kappa shape index (κ1) is 23.1. The van der Waals surface area contributed by atoms with Crippen LogP contribution in [0.25, 0.3) is 10.9 Å². The number of aliphatic carboxylic acids is 1. The van der Waals surface area contributed by atoms with Gasteiger partial charge in [-0.05, 0) is 36.8 Å². The molecule has 0 radical (unpaired) electrons. The molecule has 0 aliphatic heterocycles. The maximum Gasteiger partial charge on any atom is 0.321 e. The molecule has 0 bridgehead atoms. The van der Waals surface area contributed by atoms with Crippen LogP contribution in [0.4, 0.5) is 5.69 Å².